The summed E-state index contributed by atoms with van der Waals surface area (Å²) >= 11 is 0. The van der Waals surface area contributed by atoms with Crippen molar-refractivity contribution in [2.45, 2.75) is 12.5 Å². The molecule has 72 valence electrons. The molecule has 1 aliphatic rings. The van der Waals surface area contributed by atoms with E-state index in [2.05, 4.69) is 15.4 Å². The molecule has 1 amide bonds. The van der Waals surface area contributed by atoms with E-state index >= 15 is 0 Å². The molecule has 1 rings (SSSR count). The van der Waals surface area contributed by atoms with Gasteiger partial charge in [-0.3, -0.25) is 4.79 Å². The van der Waals surface area contributed by atoms with Gasteiger partial charge in [0.1, 0.15) is 6.61 Å². The summed E-state index contributed by atoms with van der Waals surface area (Å²) in [6.07, 6.45) is 1.02. The highest BCUT2D eigenvalue weighted by atomic mass is 35.5. The Morgan fingerprint density at radius 2 is 2.50 bits per heavy atom. The van der Waals surface area contributed by atoms with E-state index in [1.54, 1.807) is 0 Å². The van der Waals surface area contributed by atoms with E-state index in [-0.39, 0.29) is 24.9 Å². The normalized spacial score (nSPS) is 21.6. The highest BCUT2D eigenvalue weighted by molar-refractivity contribution is 5.85. The first-order valence-electron chi connectivity index (χ1n) is 3.82. The third-order valence-corrected chi connectivity index (χ3v) is 1.70. The van der Waals surface area contributed by atoms with Gasteiger partial charge in [0.25, 0.3) is 0 Å². The molecule has 0 aromatic carbocycles. The molecule has 0 aromatic rings. The first-order valence-corrected chi connectivity index (χ1v) is 3.82. The lowest BCUT2D eigenvalue weighted by Crippen LogP contribution is -2.38. The van der Waals surface area contributed by atoms with Gasteiger partial charge in [0.15, 0.2) is 0 Å². The fourth-order valence-electron chi connectivity index (χ4n) is 1.18. The van der Waals surface area contributed by atoms with E-state index in [9.17, 15) is 4.79 Å². The standard InChI is InChI=1S/C7H14N2O2.ClH/c1-11-5-7(10)9-6-2-3-8-4-6;/h6,8H,2-5H2,1H3,(H,9,10);1H. The van der Waals surface area contributed by atoms with E-state index in [1.807, 2.05) is 0 Å². The summed E-state index contributed by atoms with van der Waals surface area (Å²) in [7, 11) is 1.52. The van der Waals surface area contributed by atoms with Crippen molar-refractivity contribution in [1.82, 2.24) is 10.6 Å². The number of amides is 1. The molecule has 1 heterocycles. The average molecular weight is 195 g/mol. The lowest BCUT2D eigenvalue weighted by molar-refractivity contribution is -0.125. The van der Waals surface area contributed by atoms with Gasteiger partial charge in [0.2, 0.25) is 5.91 Å². The van der Waals surface area contributed by atoms with Gasteiger partial charge < -0.3 is 15.4 Å². The van der Waals surface area contributed by atoms with Gasteiger partial charge in [-0.25, -0.2) is 0 Å². The maximum atomic E-state index is 10.9. The maximum absolute atomic E-state index is 10.9. The first-order chi connectivity index (χ1) is 5.33. The van der Waals surface area contributed by atoms with E-state index < -0.39 is 0 Å². The van der Waals surface area contributed by atoms with Gasteiger partial charge in [0.05, 0.1) is 0 Å². The molecule has 2 N–H and O–H groups in total. The van der Waals surface area contributed by atoms with Crippen LogP contribution in [-0.2, 0) is 9.53 Å². The summed E-state index contributed by atoms with van der Waals surface area (Å²) in [5.41, 5.74) is 0. The summed E-state index contributed by atoms with van der Waals surface area (Å²) in [5.74, 6) is -0.0267. The molecule has 1 unspecified atom stereocenters. The van der Waals surface area contributed by atoms with Gasteiger partial charge in [-0.2, -0.15) is 0 Å². The smallest absolute Gasteiger partial charge is 0.246 e. The Morgan fingerprint density at radius 3 is 3.00 bits per heavy atom. The Kier molecular flexibility index (Phi) is 6.06. The Morgan fingerprint density at radius 1 is 1.75 bits per heavy atom. The predicted molar refractivity (Wildman–Crippen MR) is 48.5 cm³/mol. The van der Waals surface area contributed by atoms with E-state index in [0.717, 1.165) is 19.5 Å². The summed E-state index contributed by atoms with van der Waals surface area (Å²) < 4.78 is 4.68. The van der Waals surface area contributed by atoms with Crippen molar-refractivity contribution in [1.29, 1.82) is 0 Å². The molecule has 1 atom stereocenters. The van der Waals surface area contributed by atoms with Crippen LogP contribution in [0, 0.1) is 0 Å². The van der Waals surface area contributed by atoms with Gasteiger partial charge in [0, 0.05) is 19.7 Å². The molecule has 1 saturated heterocycles. The largest absolute Gasteiger partial charge is 0.375 e. The number of hydrogen-bond donors (Lipinski definition) is 2. The van der Waals surface area contributed by atoms with Crippen LogP contribution in [0.15, 0.2) is 0 Å². The molecule has 0 spiro atoms. The number of methoxy groups -OCH3 is 1. The molecule has 0 saturated carbocycles. The summed E-state index contributed by atoms with van der Waals surface area (Å²) in [6, 6.07) is 0.303. The molecule has 0 aliphatic carbocycles. The lowest BCUT2D eigenvalue weighted by atomic mass is 10.2. The molecule has 4 nitrogen and oxygen atoms in total. The Hall–Kier alpha value is -0.320. The van der Waals surface area contributed by atoms with Crippen molar-refractivity contribution in [2.24, 2.45) is 0 Å². The average Bonchev–Trinajstić information content (AvgIpc) is 2.40. The minimum absolute atomic E-state index is 0. The molecule has 0 aromatic heterocycles. The van der Waals surface area contributed by atoms with Gasteiger partial charge in [-0.15, -0.1) is 12.4 Å². The SMILES string of the molecule is COCC(=O)NC1CCNC1.Cl. The Balaban J connectivity index is 0.00000121. The van der Waals surface area contributed by atoms with Crippen LogP contribution < -0.4 is 10.6 Å². The van der Waals surface area contributed by atoms with Crippen LogP contribution in [0.25, 0.3) is 0 Å². The monoisotopic (exact) mass is 194 g/mol. The van der Waals surface area contributed by atoms with Crippen molar-refractivity contribution in [3.63, 3.8) is 0 Å². The number of nitrogens with one attached hydrogen (secondary N) is 2. The van der Waals surface area contributed by atoms with Crippen molar-refractivity contribution in [3.05, 3.63) is 0 Å². The Bertz CT molecular complexity index is 137. The van der Waals surface area contributed by atoms with Crippen molar-refractivity contribution < 1.29 is 9.53 Å². The minimum Gasteiger partial charge on any atom is -0.375 e. The maximum Gasteiger partial charge on any atom is 0.246 e. The second kappa shape index (κ2) is 6.22. The molecule has 5 heteroatoms. The van der Waals surface area contributed by atoms with Crippen LogP contribution in [0.1, 0.15) is 6.42 Å². The number of hydrogen-bond acceptors (Lipinski definition) is 3. The fraction of sp³-hybridized carbons (Fsp3) is 0.857. The van der Waals surface area contributed by atoms with Crippen molar-refractivity contribution in [3.8, 4) is 0 Å². The highest BCUT2D eigenvalue weighted by Gasteiger charge is 2.15. The topological polar surface area (TPSA) is 50.4 Å². The predicted octanol–water partition coefficient (Wildman–Crippen LogP) is -0.467. The molecular formula is C7H15ClN2O2. The zero-order valence-electron chi connectivity index (χ0n) is 7.13. The number of ether oxygens (including phenoxy) is 1. The van der Waals surface area contributed by atoms with E-state index in [4.69, 9.17) is 0 Å². The third-order valence-electron chi connectivity index (χ3n) is 1.70. The molecular weight excluding hydrogens is 180 g/mol. The second-order valence-corrected chi connectivity index (χ2v) is 2.69. The summed E-state index contributed by atoms with van der Waals surface area (Å²) in [6.45, 7) is 2.05. The van der Waals surface area contributed by atoms with Crippen LogP contribution in [0.3, 0.4) is 0 Å². The van der Waals surface area contributed by atoms with Gasteiger partial charge in [-0.1, -0.05) is 0 Å². The zero-order chi connectivity index (χ0) is 8.10. The lowest BCUT2D eigenvalue weighted by Gasteiger charge is -2.09. The van der Waals surface area contributed by atoms with Crippen molar-refractivity contribution >= 4 is 18.3 Å². The minimum atomic E-state index is -0.0267. The van der Waals surface area contributed by atoms with E-state index in [1.165, 1.54) is 7.11 Å². The second-order valence-electron chi connectivity index (χ2n) is 2.69. The number of halogens is 1. The zero-order valence-corrected chi connectivity index (χ0v) is 7.95. The van der Waals surface area contributed by atoms with Crippen LogP contribution in [0.2, 0.25) is 0 Å². The van der Waals surface area contributed by atoms with Crippen molar-refractivity contribution in [2.75, 3.05) is 26.8 Å². The first kappa shape index (κ1) is 11.7. The summed E-state index contributed by atoms with van der Waals surface area (Å²) in [4.78, 5) is 10.9. The molecule has 1 fully saturated rings. The van der Waals surface area contributed by atoms with Crippen LogP contribution in [0.4, 0.5) is 0 Å². The van der Waals surface area contributed by atoms with Crippen LogP contribution in [0.5, 0.6) is 0 Å². The van der Waals surface area contributed by atoms with Crippen LogP contribution in [-0.4, -0.2) is 38.8 Å². The molecule has 1 aliphatic heterocycles. The summed E-state index contributed by atoms with van der Waals surface area (Å²) in [5, 5.41) is 6.02. The Labute approximate surface area is 78.5 Å². The van der Waals surface area contributed by atoms with E-state index in [0.29, 0.717) is 6.04 Å². The molecule has 12 heavy (non-hydrogen) atoms. The quantitative estimate of drug-likeness (QED) is 0.639. The van der Waals surface area contributed by atoms with Gasteiger partial charge >= 0.3 is 0 Å². The number of carbonyl (C=O) groups excluding carboxylic acids is 1. The third kappa shape index (κ3) is 3.90. The number of rotatable bonds is 3. The van der Waals surface area contributed by atoms with Gasteiger partial charge in [-0.05, 0) is 13.0 Å². The fourth-order valence-corrected chi connectivity index (χ4v) is 1.18. The highest BCUT2D eigenvalue weighted by Crippen LogP contribution is 1.95. The molecule has 0 radical (unpaired) electrons. The molecule has 0 bridgehead atoms. The number of carbonyl (C=O) groups is 1. The van der Waals surface area contributed by atoms with Crippen LogP contribution >= 0.6 is 12.4 Å².